The molecule has 0 heterocycles. The van der Waals surface area contributed by atoms with E-state index in [9.17, 15) is 19.5 Å². The third kappa shape index (κ3) is 7.32. The zero-order valence-electron chi connectivity index (χ0n) is 14.8. The van der Waals surface area contributed by atoms with E-state index in [0.29, 0.717) is 12.2 Å². The van der Waals surface area contributed by atoms with Crippen molar-refractivity contribution in [3.8, 4) is 5.75 Å². The number of rotatable bonds is 10. The average Bonchev–Trinajstić information content (AvgIpc) is 2.59. The molecule has 0 aliphatic rings. The van der Waals surface area contributed by atoms with Crippen molar-refractivity contribution in [1.29, 1.82) is 0 Å². The minimum Gasteiger partial charge on any atom is -0.508 e. The number of carbonyl (C=O) groups is 3. The number of carboxylic acid groups (broad SMARTS) is 1. The van der Waals surface area contributed by atoms with E-state index < -0.39 is 35.9 Å². The lowest BCUT2D eigenvalue weighted by molar-refractivity contribution is -0.142. The second kappa shape index (κ2) is 10.7. The Labute approximate surface area is 156 Å². The van der Waals surface area contributed by atoms with Crippen LogP contribution in [-0.2, 0) is 20.8 Å². The third-order valence-corrected chi connectivity index (χ3v) is 4.35. The number of carboxylic acids is 1. The molecule has 1 rings (SSSR count). The molecule has 0 saturated carbocycles. The fourth-order valence-electron chi connectivity index (χ4n) is 2.15. The number of aliphatic carboxylic acids is 1. The van der Waals surface area contributed by atoms with E-state index in [0.717, 1.165) is 5.56 Å². The van der Waals surface area contributed by atoms with Gasteiger partial charge in [-0.25, -0.2) is 4.79 Å². The predicted octanol–water partition coefficient (Wildman–Crippen LogP) is 0.0892. The highest BCUT2D eigenvalue weighted by Gasteiger charge is 2.25. The molecule has 26 heavy (non-hydrogen) atoms. The van der Waals surface area contributed by atoms with Gasteiger partial charge in [0.05, 0.1) is 6.04 Å². The maximum Gasteiger partial charge on any atom is 0.326 e. The molecular formula is C17H25N3O5S. The molecule has 0 aliphatic heterocycles. The molecule has 3 atom stereocenters. The van der Waals surface area contributed by atoms with Crippen LogP contribution in [0.2, 0.25) is 0 Å². The second-order valence-corrected chi connectivity index (χ2v) is 6.87. The van der Waals surface area contributed by atoms with E-state index in [1.54, 1.807) is 12.1 Å². The van der Waals surface area contributed by atoms with Crippen LogP contribution in [0.15, 0.2) is 24.3 Å². The highest BCUT2D eigenvalue weighted by atomic mass is 32.2. The molecule has 144 valence electrons. The molecule has 0 spiro atoms. The molecule has 0 aliphatic carbocycles. The van der Waals surface area contributed by atoms with E-state index in [-0.39, 0.29) is 12.2 Å². The summed E-state index contributed by atoms with van der Waals surface area (Å²) in [5.41, 5.74) is 6.62. The van der Waals surface area contributed by atoms with Gasteiger partial charge < -0.3 is 26.6 Å². The Morgan fingerprint density at radius 2 is 1.77 bits per heavy atom. The first kappa shape index (κ1) is 21.8. The van der Waals surface area contributed by atoms with Gasteiger partial charge in [-0.2, -0.15) is 11.8 Å². The number of nitrogens with one attached hydrogen (secondary N) is 2. The third-order valence-electron chi connectivity index (χ3n) is 3.71. The minimum absolute atomic E-state index is 0.117. The molecule has 0 saturated heterocycles. The summed E-state index contributed by atoms with van der Waals surface area (Å²) in [5.74, 6) is -1.50. The van der Waals surface area contributed by atoms with Crippen molar-refractivity contribution in [1.82, 2.24) is 10.6 Å². The highest BCUT2D eigenvalue weighted by Crippen LogP contribution is 2.11. The Hall–Kier alpha value is -2.26. The summed E-state index contributed by atoms with van der Waals surface area (Å²) >= 11 is 1.48. The second-order valence-electron chi connectivity index (χ2n) is 5.89. The molecule has 6 N–H and O–H groups in total. The summed E-state index contributed by atoms with van der Waals surface area (Å²) in [4.78, 5) is 35.4. The van der Waals surface area contributed by atoms with Gasteiger partial charge in [0.15, 0.2) is 0 Å². The average molecular weight is 383 g/mol. The number of amides is 2. The molecule has 1 aromatic carbocycles. The van der Waals surface area contributed by atoms with Crippen LogP contribution in [0.25, 0.3) is 0 Å². The van der Waals surface area contributed by atoms with Crippen LogP contribution in [0.1, 0.15) is 18.9 Å². The molecule has 0 aromatic heterocycles. The summed E-state index contributed by atoms with van der Waals surface area (Å²) in [6.07, 6.45) is 2.38. The maximum absolute atomic E-state index is 12.1. The van der Waals surface area contributed by atoms with Gasteiger partial charge in [0.1, 0.15) is 17.8 Å². The fraction of sp³-hybridized carbons (Fsp3) is 0.471. The largest absolute Gasteiger partial charge is 0.508 e. The Morgan fingerprint density at radius 1 is 1.15 bits per heavy atom. The molecule has 0 radical (unpaired) electrons. The lowest BCUT2D eigenvalue weighted by Gasteiger charge is -2.20. The van der Waals surface area contributed by atoms with E-state index >= 15 is 0 Å². The predicted molar refractivity (Wildman–Crippen MR) is 100.0 cm³/mol. The van der Waals surface area contributed by atoms with E-state index in [1.807, 2.05) is 6.26 Å². The van der Waals surface area contributed by atoms with Crippen LogP contribution < -0.4 is 16.4 Å². The number of thioether (sulfide) groups is 1. The van der Waals surface area contributed by atoms with Crippen molar-refractivity contribution >= 4 is 29.5 Å². The Kier molecular flexibility index (Phi) is 8.94. The topological polar surface area (TPSA) is 142 Å². The monoisotopic (exact) mass is 383 g/mol. The quantitative estimate of drug-likeness (QED) is 0.385. The number of nitrogens with two attached hydrogens (primary N) is 1. The summed E-state index contributed by atoms with van der Waals surface area (Å²) in [5, 5.41) is 23.3. The first-order chi connectivity index (χ1) is 12.2. The molecule has 1 aromatic rings. The summed E-state index contributed by atoms with van der Waals surface area (Å²) < 4.78 is 0. The summed E-state index contributed by atoms with van der Waals surface area (Å²) in [6.45, 7) is 1.47. The number of carbonyl (C=O) groups excluding carboxylic acids is 2. The van der Waals surface area contributed by atoms with Crippen LogP contribution in [0.3, 0.4) is 0 Å². The van der Waals surface area contributed by atoms with Crippen molar-refractivity contribution in [3.05, 3.63) is 29.8 Å². The van der Waals surface area contributed by atoms with Crippen molar-refractivity contribution in [3.63, 3.8) is 0 Å². The Balaban J connectivity index is 2.54. The smallest absolute Gasteiger partial charge is 0.326 e. The number of aromatic hydroxyl groups is 1. The number of phenols is 1. The first-order valence-corrected chi connectivity index (χ1v) is 9.50. The van der Waals surface area contributed by atoms with Crippen LogP contribution in [0.5, 0.6) is 5.75 Å². The summed E-state index contributed by atoms with van der Waals surface area (Å²) in [6, 6.07) is 3.52. The lowest BCUT2D eigenvalue weighted by atomic mass is 10.1. The SMILES string of the molecule is CSCC[C@H](NC(=O)[C@H](C)NC(=O)[C@@H](N)Cc1ccc(O)cc1)C(=O)O. The number of hydrogen-bond acceptors (Lipinski definition) is 6. The first-order valence-electron chi connectivity index (χ1n) is 8.10. The zero-order valence-corrected chi connectivity index (χ0v) is 15.6. The van der Waals surface area contributed by atoms with Crippen LogP contribution >= 0.6 is 11.8 Å². The fourth-order valence-corrected chi connectivity index (χ4v) is 2.63. The number of phenolic OH excluding ortho intramolecular Hbond substituents is 1. The van der Waals surface area contributed by atoms with E-state index in [4.69, 9.17) is 10.8 Å². The molecule has 0 unspecified atom stereocenters. The van der Waals surface area contributed by atoms with Gasteiger partial charge in [-0.3, -0.25) is 9.59 Å². The van der Waals surface area contributed by atoms with Crippen molar-refractivity contribution < 1.29 is 24.6 Å². The summed E-state index contributed by atoms with van der Waals surface area (Å²) in [7, 11) is 0. The Bertz CT molecular complexity index is 623. The molecule has 0 bridgehead atoms. The molecule has 2 amide bonds. The highest BCUT2D eigenvalue weighted by molar-refractivity contribution is 7.98. The normalized spacial score (nSPS) is 14.1. The number of hydrogen-bond donors (Lipinski definition) is 5. The Morgan fingerprint density at radius 3 is 2.31 bits per heavy atom. The molecular weight excluding hydrogens is 358 g/mol. The van der Waals surface area contributed by atoms with Gasteiger partial charge in [-0.15, -0.1) is 0 Å². The van der Waals surface area contributed by atoms with Crippen molar-refractivity contribution in [2.75, 3.05) is 12.0 Å². The van der Waals surface area contributed by atoms with Crippen LogP contribution in [0, 0.1) is 0 Å². The van der Waals surface area contributed by atoms with E-state index in [2.05, 4.69) is 10.6 Å². The molecule has 9 heteroatoms. The van der Waals surface area contributed by atoms with Gasteiger partial charge >= 0.3 is 5.97 Å². The van der Waals surface area contributed by atoms with Crippen molar-refractivity contribution in [2.24, 2.45) is 5.73 Å². The lowest BCUT2D eigenvalue weighted by Crippen LogP contribution is -2.53. The zero-order chi connectivity index (χ0) is 19.7. The van der Waals surface area contributed by atoms with Gasteiger partial charge in [0, 0.05) is 0 Å². The number of benzene rings is 1. The van der Waals surface area contributed by atoms with Gasteiger partial charge in [0.2, 0.25) is 11.8 Å². The standard InChI is InChI=1S/C17H25N3O5S/c1-10(15(22)20-14(17(24)25)7-8-26-2)19-16(23)13(18)9-11-3-5-12(21)6-4-11/h3-6,10,13-14,21H,7-9,18H2,1-2H3,(H,19,23)(H,20,22)(H,24,25)/t10-,13-,14-/m0/s1. The van der Waals surface area contributed by atoms with Gasteiger partial charge in [0.25, 0.3) is 0 Å². The van der Waals surface area contributed by atoms with Crippen LogP contribution in [-0.4, -0.2) is 58.1 Å². The van der Waals surface area contributed by atoms with Gasteiger partial charge in [-0.1, -0.05) is 12.1 Å². The maximum atomic E-state index is 12.1. The van der Waals surface area contributed by atoms with Crippen LogP contribution in [0.4, 0.5) is 0 Å². The molecule has 0 fully saturated rings. The minimum atomic E-state index is -1.12. The molecule has 8 nitrogen and oxygen atoms in total. The van der Waals surface area contributed by atoms with E-state index in [1.165, 1.54) is 30.8 Å². The van der Waals surface area contributed by atoms with Gasteiger partial charge in [-0.05, 0) is 49.5 Å². The van der Waals surface area contributed by atoms with Crippen molar-refractivity contribution in [2.45, 2.75) is 37.9 Å².